The topological polar surface area (TPSA) is 64.0 Å². The highest BCUT2D eigenvalue weighted by Gasteiger charge is 2.45. The zero-order valence-corrected chi connectivity index (χ0v) is 10.7. The van der Waals surface area contributed by atoms with Crippen LogP contribution in [0.2, 0.25) is 0 Å². The van der Waals surface area contributed by atoms with Crippen LogP contribution in [0.4, 0.5) is 0 Å². The smallest absolute Gasteiger partial charge is 0.256 e. The lowest BCUT2D eigenvalue weighted by atomic mass is 10.4. The number of rotatable bonds is 4. The largest absolute Gasteiger partial charge is 0.258 e. The Morgan fingerprint density at radius 3 is 2.73 bits per heavy atom. The van der Waals surface area contributed by atoms with Crippen molar-refractivity contribution in [2.24, 2.45) is 7.05 Å². The summed E-state index contributed by atoms with van der Waals surface area (Å²) < 4.78 is 27.9. The molecule has 0 bridgehead atoms. The molecule has 0 aliphatic heterocycles. The molecule has 1 aliphatic rings. The second-order valence-corrected chi connectivity index (χ2v) is 6.00. The Hall–Kier alpha value is -0.400. The fraction of sp³-hybridized carbons (Fsp3) is 0.625. The van der Waals surface area contributed by atoms with E-state index in [1.807, 2.05) is 0 Å². The highest BCUT2D eigenvalue weighted by molar-refractivity contribution is 9.09. The van der Waals surface area contributed by atoms with Gasteiger partial charge in [0.1, 0.15) is 0 Å². The van der Waals surface area contributed by atoms with E-state index in [0.29, 0.717) is 5.33 Å². The summed E-state index contributed by atoms with van der Waals surface area (Å²) in [5, 5.41) is 4.70. The van der Waals surface area contributed by atoms with Gasteiger partial charge in [-0.2, -0.15) is 5.10 Å². The number of sulfonamides is 1. The molecule has 5 nitrogen and oxygen atoms in total. The molecule has 1 aliphatic carbocycles. The van der Waals surface area contributed by atoms with Crippen molar-refractivity contribution in [3.8, 4) is 0 Å². The molecule has 0 unspecified atom stereocenters. The number of halogens is 1. The molecule has 1 aromatic rings. The van der Waals surface area contributed by atoms with Gasteiger partial charge < -0.3 is 0 Å². The summed E-state index contributed by atoms with van der Waals surface area (Å²) in [5.41, 5.74) is -0.275. The highest BCUT2D eigenvalue weighted by Crippen LogP contribution is 2.38. The molecule has 0 aromatic carbocycles. The van der Waals surface area contributed by atoms with Crippen molar-refractivity contribution in [3.05, 3.63) is 12.3 Å². The van der Waals surface area contributed by atoms with Gasteiger partial charge in [-0.25, -0.2) is 13.1 Å². The minimum Gasteiger partial charge on any atom is -0.256 e. The van der Waals surface area contributed by atoms with Crippen LogP contribution in [0.5, 0.6) is 0 Å². The highest BCUT2D eigenvalue weighted by atomic mass is 79.9. The predicted molar refractivity (Wildman–Crippen MR) is 59.3 cm³/mol. The summed E-state index contributed by atoms with van der Waals surface area (Å²) >= 11 is 3.32. The van der Waals surface area contributed by atoms with Gasteiger partial charge in [-0.15, -0.1) is 0 Å². The molecule has 84 valence electrons. The number of hydrogen-bond acceptors (Lipinski definition) is 3. The first kappa shape index (κ1) is 11.1. The second kappa shape index (κ2) is 3.57. The van der Waals surface area contributed by atoms with E-state index in [1.165, 1.54) is 16.9 Å². The Bertz CT molecular complexity index is 464. The van der Waals surface area contributed by atoms with Crippen LogP contribution < -0.4 is 4.72 Å². The SMILES string of the molecule is Cn1nccc1S(=O)(=O)NC1(CBr)CC1. The fourth-order valence-corrected chi connectivity index (χ4v) is 3.85. The summed E-state index contributed by atoms with van der Waals surface area (Å²) in [5.74, 6) is 0. The maximum Gasteiger partial charge on any atom is 0.258 e. The molecule has 1 N–H and O–H groups in total. The third-order valence-electron chi connectivity index (χ3n) is 2.51. The normalized spacial score (nSPS) is 19.1. The van der Waals surface area contributed by atoms with Gasteiger partial charge in [0.15, 0.2) is 5.03 Å². The van der Waals surface area contributed by atoms with Crippen LogP contribution in [0.1, 0.15) is 12.8 Å². The molecule has 7 heteroatoms. The van der Waals surface area contributed by atoms with E-state index in [4.69, 9.17) is 0 Å². The quantitative estimate of drug-likeness (QED) is 0.828. The van der Waals surface area contributed by atoms with Gasteiger partial charge in [0, 0.05) is 17.9 Å². The van der Waals surface area contributed by atoms with Crippen molar-refractivity contribution in [1.29, 1.82) is 0 Å². The van der Waals surface area contributed by atoms with Gasteiger partial charge in [-0.05, 0) is 18.9 Å². The van der Waals surface area contributed by atoms with Gasteiger partial charge in [-0.1, -0.05) is 15.9 Å². The summed E-state index contributed by atoms with van der Waals surface area (Å²) in [4.78, 5) is 0. The minimum atomic E-state index is -3.43. The number of nitrogens with one attached hydrogen (secondary N) is 1. The van der Waals surface area contributed by atoms with Crippen molar-refractivity contribution in [1.82, 2.24) is 14.5 Å². The molecule has 1 saturated carbocycles. The van der Waals surface area contributed by atoms with Crippen LogP contribution in [-0.4, -0.2) is 29.1 Å². The van der Waals surface area contributed by atoms with Gasteiger partial charge in [0.05, 0.1) is 6.20 Å². The van der Waals surface area contributed by atoms with Crippen LogP contribution in [0.25, 0.3) is 0 Å². The van der Waals surface area contributed by atoms with Crippen molar-refractivity contribution < 1.29 is 8.42 Å². The molecule has 0 amide bonds. The second-order valence-electron chi connectivity index (χ2n) is 3.81. The van der Waals surface area contributed by atoms with Gasteiger partial charge in [0.2, 0.25) is 0 Å². The monoisotopic (exact) mass is 293 g/mol. The molecule has 0 radical (unpaired) electrons. The zero-order valence-electron chi connectivity index (χ0n) is 8.27. The molecular formula is C8H12BrN3O2S. The zero-order chi connectivity index (χ0) is 11.1. The molecule has 1 fully saturated rings. The van der Waals surface area contributed by atoms with Crippen LogP contribution in [0, 0.1) is 0 Å². The molecule has 0 saturated heterocycles. The van der Waals surface area contributed by atoms with E-state index in [9.17, 15) is 8.42 Å². The van der Waals surface area contributed by atoms with Gasteiger partial charge >= 0.3 is 0 Å². The van der Waals surface area contributed by atoms with E-state index in [-0.39, 0.29) is 10.6 Å². The van der Waals surface area contributed by atoms with E-state index in [1.54, 1.807) is 7.05 Å². The lowest BCUT2D eigenvalue weighted by Gasteiger charge is -2.14. The van der Waals surface area contributed by atoms with E-state index >= 15 is 0 Å². The number of aromatic nitrogens is 2. The third-order valence-corrected chi connectivity index (χ3v) is 5.24. The Kier molecular flexibility index (Phi) is 2.64. The number of alkyl halides is 1. The van der Waals surface area contributed by atoms with Crippen LogP contribution in [0.15, 0.2) is 17.3 Å². The summed E-state index contributed by atoms with van der Waals surface area (Å²) in [7, 11) is -1.82. The number of hydrogen-bond donors (Lipinski definition) is 1. The standard InChI is InChI=1S/C8H12BrN3O2S/c1-12-7(2-5-10-12)15(13,14)11-8(6-9)3-4-8/h2,5,11H,3-4,6H2,1H3. The number of aryl methyl sites for hydroxylation is 1. The van der Waals surface area contributed by atoms with Gasteiger partial charge in [-0.3, -0.25) is 4.68 Å². The molecular weight excluding hydrogens is 282 g/mol. The Labute approximate surface area is 97.0 Å². The van der Waals surface area contributed by atoms with Gasteiger partial charge in [0.25, 0.3) is 10.0 Å². The molecule has 2 rings (SSSR count). The third kappa shape index (κ3) is 2.09. The molecule has 15 heavy (non-hydrogen) atoms. The lowest BCUT2D eigenvalue weighted by Crippen LogP contribution is -2.38. The van der Waals surface area contributed by atoms with Crippen molar-refractivity contribution in [2.75, 3.05) is 5.33 Å². The Morgan fingerprint density at radius 2 is 2.33 bits per heavy atom. The van der Waals surface area contributed by atoms with Crippen LogP contribution in [0.3, 0.4) is 0 Å². The van der Waals surface area contributed by atoms with Crippen LogP contribution >= 0.6 is 15.9 Å². The first-order valence-electron chi connectivity index (χ1n) is 4.57. The molecule has 0 spiro atoms. The number of nitrogens with zero attached hydrogens (tertiary/aromatic N) is 2. The maximum atomic E-state index is 11.9. The van der Waals surface area contributed by atoms with E-state index in [2.05, 4.69) is 25.8 Å². The Morgan fingerprint density at radius 1 is 1.67 bits per heavy atom. The average molecular weight is 294 g/mol. The summed E-state index contributed by atoms with van der Waals surface area (Å²) in [6, 6.07) is 1.49. The maximum absolute atomic E-state index is 11.9. The summed E-state index contributed by atoms with van der Waals surface area (Å²) in [6.45, 7) is 0. The lowest BCUT2D eigenvalue weighted by molar-refractivity contribution is 0.545. The summed E-state index contributed by atoms with van der Waals surface area (Å²) in [6.07, 6.45) is 3.24. The average Bonchev–Trinajstić information content (AvgIpc) is 2.78. The minimum absolute atomic E-state index is 0.203. The molecule has 1 aromatic heterocycles. The van der Waals surface area contributed by atoms with E-state index in [0.717, 1.165) is 12.8 Å². The Balaban J connectivity index is 2.25. The van der Waals surface area contributed by atoms with Crippen LogP contribution in [-0.2, 0) is 17.1 Å². The first-order valence-corrected chi connectivity index (χ1v) is 7.18. The van der Waals surface area contributed by atoms with E-state index < -0.39 is 10.0 Å². The first-order chi connectivity index (χ1) is 6.99. The predicted octanol–water partition coefficient (Wildman–Crippen LogP) is 0.626. The van der Waals surface area contributed by atoms with Crippen molar-refractivity contribution in [2.45, 2.75) is 23.4 Å². The van der Waals surface area contributed by atoms with Crippen molar-refractivity contribution in [3.63, 3.8) is 0 Å². The molecule has 0 atom stereocenters. The van der Waals surface area contributed by atoms with Crippen molar-refractivity contribution >= 4 is 26.0 Å². The fourth-order valence-electron chi connectivity index (χ4n) is 1.38. The molecule has 1 heterocycles.